The van der Waals surface area contributed by atoms with Crippen LogP contribution in [0.3, 0.4) is 0 Å². The van der Waals surface area contributed by atoms with E-state index in [0.717, 1.165) is 17.9 Å². The molecule has 1 N–H and O–H groups in total. The fraction of sp³-hybridized carbons (Fsp3) is 0.538. The summed E-state index contributed by atoms with van der Waals surface area (Å²) in [7, 11) is 2.02. The Morgan fingerprint density at radius 3 is 2.75 bits per heavy atom. The molecule has 0 heterocycles. The van der Waals surface area contributed by atoms with E-state index >= 15 is 0 Å². The number of nitrogens with one attached hydrogen (secondary N) is 1. The molecule has 0 spiro atoms. The summed E-state index contributed by atoms with van der Waals surface area (Å²) >= 11 is 12.2. The van der Waals surface area contributed by atoms with Crippen molar-refractivity contribution in [2.24, 2.45) is 5.92 Å². The summed E-state index contributed by atoms with van der Waals surface area (Å²) < 4.78 is 0. The first-order valence-electron chi connectivity index (χ1n) is 5.81. The molecule has 1 saturated carbocycles. The van der Waals surface area contributed by atoms with E-state index in [2.05, 4.69) is 11.4 Å². The third-order valence-corrected chi connectivity index (χ3v) is 4.08. The van der Waals surface area contributed by atoms with Crippen LogP contribution in [0.1, 0.15) is 24.8 Å². The molecule has 0 radical (unpaired) electrons. The average Bonchev–Trinajstić information content (AvgIpc) is 3.07. The zero-order chi connectivity index (χ0) is 11.5. The zero-order valence-corrected chi connectivity index (χ0v) is 11.0. The molecule has 88 valence electrons. The molecule has 3 heteroatoms. The fourth-order valence-corrected chi connectivity index (χ4v) is 2.43. The summed E-state index contributed by atoms with van der Waals surface area (Å²) in [6.45, 7) is 0. The highest BCUT2D eigenvalue weighted by Gasteiger charge is 2.25. The summed E-state index contributed by atoms with van der Waals surface area (Å²) in [5.41, 5.74) is 1.15. The lowest BCUT2D eigenvalue weighted by molar-refractivity contribution is 0.490. The van der Waals surface area contributed by atoms with Gasteiger partial charge in [0.1, 0.15) is 0 Å². The van der Waals surface area contributed by atoms with Gasteiger partial charge in [0, 0.05) is 6.04 Å². The van der Waals surface area contributed by atoms with Crippen molar-refractivity contribution in [3.05, 3.63) is 33.8 Å². The van der Waals surface area contributed by atoms with E-state index in [9.17, 15) is 0 Å². The van der Waals surface area contributed by atoms with Crippen LogP contribution in [0.15, 0.2) is 18.2 Å². The van der Waals surface area contributed by atoms with E-state index in [1.54, 1.807) is 0 Å². The SMILES string of the molecule is CNC(Cc1cccc(Cl)c1Cl)CC1CC1. The van der Waals surface area contributed by atoms with E-state index in [-0.39, 0.29) is 0 Å². The number of hydrogen-bond acceptors (Lipinski definition) is 1. The maximum atomic E-state index is 6.19. The van der Waals surface area contributed by atoms with Gasteiger partial charge in [-0.1, -0.05) is 48.2 Å². The van der Waals surface area contributed by atoms with Crippen molar-refractivity contribution in [1.29, 1.82) is 0 Å². The lowest BCUT2D eigenvalue weighted by atomic mass is 10.0. The lowest BCUT2D eigenvalue weighted by Gasteiger charge is -2.16. The van der Waals surface area contributed by atoms with Gasteiger partial charge in [0.2, 0.25) is 0 Å². The van der Waals surface area contributed by atoms with E-state index in [1.165, 1.54) is 19.3 Å². The third-order valence-electron chi connectivity index (χ3n) is 3.22. The Bertz CT molecular complexity index is 361. The summed E-state index contributed by atoms with van der Waals surface area (Å²) in [5, 5.41) is 4.73. The monoisotopic (exact) mass is 257 g/mol. The molecule has 1 unspecified atom stereocenters. The fourth-order valence-electron chi connectivity index (χ4n) is 2.03. The number of benzene rings is 1. The molecule has 0 aromatic heterocycles. The van der Waals surface area contributed by atoms with Gasteiger partial charge in [-0.25, -0.2) is 0 Å². The van der Waals surface area contributed by atoms with Gasteiger partial charge in [0.15, 0.2) is 0 Å². The van der Waals surface area contributed by atoms with Crippen molar-refractivity contribution in [1.82, 2.24) is 5.32 Å². The van der Waals surface area contributed by atoms with Crippen molar-refractivity contribution in [2.45, 2.75) is 31.7 Å². The minimum absolute atomic E-state index is 0.517. The van der Waals surface area contributed by atoms with Gasteiger partial charge in [-0.2, -0.15) is 0 Å². The largest absolute Gasteiger partial charge is 0.317 e. The minimum atomic E-state index is 0.517. The predicted molar refractivity (Wildman–Crippen MR) is 70.4 cm³/mol. The van der Waals surface area contributed by atoms with Crippen LogP contribution in [0, 0.1) is 5.92 Å². The normalized spacial score (nSPS) is 17.4. The quantitative estimate of drug-likeness (QED) is 0.843. The van der Waals surface area contributed by atoms with Crippen molar-refractivity contribution < 1.29 is 0 Å². The highest BCUT2D eigenvalue weighted by atomic mass is 35.5. The van der Waals surface area contributed by atoms with Crippen LogP contribution in [0.25, 0.3) is 0 Å². The van der Waals surface area contributed by atoms with Gasteiger partial charge in [-0.3, -0.25) is 0 Å². The van der Waals surface area contributed by atoms with Crippen LogP contribution in [-0.2, 0) is 6.42 Å². The van der Waals surface area contributed by atoms with Crippen molar-refractivity contribution in [2.75, 3.05) is 7.05 Å². The topological polar surface area (TPSA) is 12.0 Å². The molecule has 1 aliphatic rings. The molecule has 1 nitrogen and oxygen atoms in total. The van der Waals surface area contributed by atoms with Crippen molar-refractivity contribution >= 4 is 23.2 Å². The molecule has 1 aliphatic carbocycles. The van der Waals surface area contributed by atoms with Gasteiger partial charge in [0.25, 0.3) is 0 Å². The van der Waals surface area contributed by atoms with Gasteiger partial charge in [0.05, 0.1) is 10.0 Å². The van der Waals surface area contributed by atoms with Gasteiger partial charge in [-0.05, 0) is 37.4 Å². The Morgan fingerprint density at radius 2 is 2.12 bits per heavy atom. The molecular formula is C13H17Cl2N. The first-order chi connectivity index (χ1) is 7.70. The van der Waals surface area contributed by atoms with Gasteiger partial charge >= 0.3 is 0 Å². The molecule has 1 fully saturated rings. The average molecular weight is 258 g/mol. The first-order valence-corrected chi connectivity index (χ1v) is 6.56. The molecule has 0 bridgehead atoms. The van der Waals surface area contributed by atoms with Crippen LogP contribution < -0.4 is 5.32 Å². The number of hydrogen-bond donors (Lipinski definition) is 1. The maximum Gasteiger partial charge on any atom is 0.0624 e. The van der Waals surface area contributed by atoms with Gasteiger partial charge in [-0.15, -0.1) is 0 Å². The van der Waals surface area contributed by atoms with E-state index in [0.29, 0.717) is 16.1 Å². The Labute approximate surface area is 107 Å². The summed E-state index contributed by atoms with van der Waals surface area (Å²) in [6, 6.07) is 6.38. The van der Waals surface area contributed by atoms with Crippen LogP contribution in [-0.4, -0.2) is 13.1 Å². The summed E-state index contributed by atoms with van der Waals surface area (Å²) in [4.78, 5) is 0. The molecule has 1 aromatic rings. The van der Waals surface area contributed by atoms with Crippen LogP contribution >= 0.6 is 23.2 Å². The Balaban J connectivity index is 2.02. The predicted octanol–water partition coefficient (Wildman–Crippen LogP) is 3.92. The van der Waals surface area contributed by atoms with E-state index < -0.39 is 0 Å². The Hall–Kier alpha value is -0.240. The molecule has 0 saturated heterocycles. The van der Waals surface area contributed by atoms with Crippen LogP contribution in [0.2, 0.25) is 10.0 Å². The second-order valence-electron chi connectivity index (χ2n) is 4.58. The minimum Gasteiger partial charge on any atom is -0.317 e. The number of likely N-dealkylation sites (N-methyl/N-ethyl adjacent to an activating group) is 1. The molecule has 0 aliphatic heterocycles. The highest BCUT2D eigenvalue weighted by Crippen LogP contribution is 2.35. The first kappa shape index (κ1) is 12.2. The molecule has 2 rings (SSSR count). The standard InChI is InChI=1S/C13H17Cl2N/c1-16-11(7-9-5-6-9)8-10-3-2-4-12(14)13(10)15/h2-4,9,11,16H,5-8H2,1H3. The zero-order valence-electron chi connectivity index (χ0n) is 9.47. The lowest BCUT2D eigenvalue weighted by Crippen LogP contribution is -2.28. The molecule has 1 aromatic carbocycles. The molecule has 16 heavy (non-hydrogen) atoms. The van der Waals surface area contributed by atoms with Crippen molar-refractivity contribution in [3.63, 3.8) is 0 Å². The van der Waals surface area contributed by atoms with Crippen molar-refractivity contribution in [3.8, 4) is 0 Å². The number of halogens is 2. The van der Waals surface area contributed by atoms with E-state index in [1.807, 2.05) is 19.2 Å². The van der Waals surface area contributed by atoms with Crippen LogP contribution in [0.4, 0.5) is 0 Å². The third kappa shape index (κ3) is 3.13. The van der Waals surface area contributed by atoms with E-state index in [4.69, 9.17) is 23.2 Å². The molecule has 1 atom stereocenters. The maximum absolute atomic E-state index is 6.19. The second kappa shape index (κ2) is 5.39. The second-order valence-corrected chi connectivity index (χ2v) is 5.37. The Morgan fingerprint density at radius 1 is 1.38 bits per heavy atom. The van der Waals surface area contributed by atoms with Gasteiger partial charge < -0.3 is 5.32 Å². The Kier molecular flexibility index (Phi) is 4.12. The van der Waals surface area contributed by atoms with Crippen LogP contribution in [0.5, 0.6) is 0 Å². The number of rotatable bonds is 5. The highest BCUT2D eigenvalue weighted by molar-refractivity contribution is 6.42. The summed E-state index contributed by atoms with van der Waals surface area (Å²) in [5.74, 6) is 0.926. The smallest absolute Gasteiger partial charge is 0.0624 e. The molecule has 0 amide bonds. The molecular weight excluding hydrogens is 241 g/mol. The summed E-state index contributed by atoms with van der Waals surface area (Å²) in [6.07, 6.45) is 4.99.